The first-order chi connectivity index (χ1) is 10.2. The van der Waals surface area contributed by atoms with Crippen LogP contribution in [-0.2, 0) is 4.79 Å². The van der Waals surface area contributed by atoms with E-state index in [0.29, 0.717) is 12.3 Å². The molecule has 2 rings (SSSR count). The maximum absolute atomic E-state index is 11.3. The van der Waals surface area contributed by atoms with Gasteiger partial charge in [-0.05, 0) is 43.3 Å². The molecule has 2 aromatic rings. The summed E-state index contributed by atoms with van der Waals surface area (Å²) in [5, 5.41) is 6.01. The molecule has 0 radical (unpaired) electrons. The number of nitrogens with one attached hydrogen (secondary N) is 2. The number of hydrogen-bond donors (Lipinski definition) is 2. The molecule has 0 saturated heterocycles. The van der Waals surface area contributed by atoms with E-state index in [2.05, 4.69) is 17.2 Å². The van der Waals surface area contributed by atoms with Gasteiger partial charge in [0.15, 0.2) is 0 Å². The van der Waals surface area contributed by atoms with Gasteiger partial charge in [-0.25, -0.2) is 0 Å². The van der Waals surface area contributed by atoms with E-state index in [1.54, 1.807) is 0 Å². The minimum atomic E-state index is -0.231. The van der Waals surface area contributed by atoms with Gasteiger partial charge in [0.05, 0.1) is 6.61 Å². The molecule has 4 nitrogen and oxygen atoms in total. The van der Waals surface area contributed by atoms with Crippen LogP contribution in [0.25, 0.3) is 0 Å². The van der Waals surface area contributed by atoms with Crippen LogP contribution >= 0.6 is 0 Å². The smallest absolute Gasteiger partial charge is 0.247 e. The van der Waals surface area contributed by atoms with Crippen LogP contribution < -0.4 is 15.4 Å². The predicted octanol–water partition coefficient (Wildman–Crippen LogP) is 3.95. The molecule has 0 atom stereocenters. The number of hydrogen-bond acceptors (Lipinski definition) is 3. The first-order valence-electron chi connectivity index (χ1n) is 6.74. The van der Waals surface area contributed by atoms with E-state index in [1.165, 1.54) is 6.08 Å². The van der Waals surface area contributed by atoms with E-state index in [0.717, 1.165) is 17.1 Å². The van der Waals surface area contributed by atoms with Crippen LogP contribution in [0.3, 0.4) is 0 Å². The fourth-order valence-electron chi connectivity index (χ4n) is 1.86. The fraction of sp³-hybridized carbons (Fsp3) is 0.118. The molecule has 0 unspecified atom stereocenters. The van der Waals surface area contributed by atoms with Gasteiger partial charge >= 0.3 is 0 Å². The Morgan fingerprint density at radius 3 is 2.52 bits per heavy atom. The predicted molar refractivity (Wildman–Crippen MR) is 86.2 cm³/mol. The van der Waals surface area contributed by atoms with Crippen molar-refractivity contribution in [2.45, 2.75) is 6.92 Å². The molecule has 4 heteroatoms. The monoisotopic (exact) mass is 282 g/mol. The van der Waals surface area contributed by atoms with Gasteiger partial charge in [-0.3, -0.25) is 4.79 Å². The standard InChI is InChI=1S/C17H18N2O2/c1-3-17(20)19-14-8-5-7-13(11-14)18-15-9-6-10-16(12-15)21-4-2/h3,5-12,18H,1,4H2,2H3,(H,19,20). The second kappa shape index (κ2) is 7.14. The fourth-order valence-corrected chi connectivity index (χ4v) is 1.86. The topological polar surface area (TPSA) is 50.4 Å². The van der Waals surface area contributed by atoms with Crippen LogP contribution in [0.1, 0.15) is 6.92 Å². The molecular weight excluding hydrogens is 264 g/mol. The highest BCUT2D eigenvalue weighted by molar-refractivity contribution is 5.99. The van der Waals surface area contributed by atoms with Crippen LogP contribution in [0.4, 0.5) is 17.1 Å². The molecule has 0 heterocycles. The summed E-state index contributed by atoms with van der Waals surface area (Å²) in [6.45, 7) is 6.01. The summed E-state index contributed by atoms with van der Waals surface area (Å²) in [7, 11) is 0. The van der Waals surface area contributed by atoms with Gasteiger partial charge in [-0.1, -0.05) is 18.7 Å². The number of benzene rings is 2. The Hall–Kier alpha value is -2.75. The van der Waals surface area contributed by atoms with E-state index in [4.69, 9.17) is 4.74 Å². The Kier molecular flexibility index (Phi) is 4.99. The van der Waals surface area contributed by atoms with Crippen molar-refractivity contribution in [1.29, 1.82) is 0 Å². The minimum Gasteiger partial charge on any atom is -0.494 e. The van der Waals surface area contributed by atoms with Crippen molar-refractivity contribution in [3.05, 3.63) is 61.2 Å². The van der Waals surface area contributed by atoms with Crippen molar-refractivity contribution < 1.29 is 9.53 Å². The zero-order chi connectivity index (χ0) is 15.1. The number of carbonyl (C=O) groups is 1. The van der Waals surface area contributed by atoms with Crippen LogP contribution in [0.5, 0.6) is 5.75 Å². The highest BCUT2D eigenvalue weighted by Crippen LogP contribution is 2.23. The van der Waals surface area contributed by atoms with Crippen LogP contribution in [-0.4, -0.2) is 12.5 Å². The molecule has 0 aromatic heterocycles. The third-order valence-corrected chi connectivity index (χ3v) is 2.75. The summed E-state index contributed by atoms with van der Waals surface area (Å²) in [5.41, 5.74) is 2.52. The molecule has 0 aliphatic heterocycles. The normalized spacial score (nSPS) is 9.76. The summed E-state index contributed by atoms with van der Waals surface area (Å²) in [5.74, 6) is 0.587. The minimum absolute atomic E-state index is 0.231. The summed E-state index contributed by atoms with van der Waals surface area (Å²) in [4.78, 5) is 11.3. The SMILES string of the molecule is C=CC(=O)Nc1cccc(Nc2cccc(OCC)c2)c1. The molecule has 0 fully saturated rings. The zero-order valence-corrected chi connectivity index (χ0v) is 11.9. The zero-order valence-electron chi connectivity index (χ0n) is 11.9. The lowest BCUT2D eigenvalue weighted by Gasteiger charge is -2.10. The second-order valence-electron chi connectivity index (χ2n) is 4.36. The van der Waals surface area contributed by atoms with E-state index in [1.807, 2.05) is 55.5 Å². The average molecular weight is 282 g/mol. The molecular formula is C17H18N2O2. The Balaban J connectivity index is 2.12. The third-order valence-electron chi connectivity index (χ3n) is 2.75. The van der Waals surface area contributed by atoms with E-state index in [-0.39, 0.29) is 5.91 Å². The lowest BCUT2D eigenvalue weighted by atomic mass is 10.2. The molecule has 108 valence electrons. The van der Waals surface area contributed by atoms with E-state index in [9.17, 15) is 4.79 Å². The summed E-state index contributed by atoms with van der Waals surface area (Å²) in [6, 6.07) is 15.2. The number of amides is 1. The molecule has 2 N–H and O–H groups in total. The maximum Gasteiger partial charge on any atom is 0.247 e. The van der Waals surface area contributed by atoms with Gasteiger partial charge in [0.25, 0.3) is 0 Å². The Morgan fingerprint density at radius 1 is 1.14 bits per heavy atom. The quantitative estimate of drug-likeness (QED) is 0.789. The van der Waals surface area contributed by atoms with Crippen molar-refractivity contribution in [3.63, 3.8) is 0 Å². The number of anilines is 3. The van der Waals surface area contributed by atoms with Gasteiger partial charge in [-0.15, -0.1) is 0 Å². The number of rotatable bonds is 6. The third kappa shape index (κ3) is 4.38. The van der Waals surface area contributed by atoms with Crippen molar-refractivity contribution >= 4 is 23.0 Å². The van der Waals surface area contributed by atoms with Gasteiger partial charge in [-0.2, -0.15) is 0 Å². The highest BCUT2D eigenvalue weighted by atomic mass is 16.5. The molecule has 0 spiro atoms. The second-order valence-corrected chi connectivity index (χ2v) is 4.36. The van der Waals surface area contributed by atoms with Crippen molar-refractivity contribution in [2.75, 3.05) is 17.2 Å². The largest absolute Gasteiger partial charge is 0.494 e. The highest BCUT2D eigenvalue weighted by Gasteiger charge is 2.01. The van der Waals surface area contributed by atoms with Gasteiger partial charge in [0.2, 0.25) is 5.91 Å². The van der Waals surface area contributed by atoms with E-state index >= 15 is 0 Å². The van der Waals surface area contributed by atoms with E-state index < -0.39 is 0 Å². The van der Waals surface area contributed by atoms with Crippen molar-refractivity contribution in [1.82, 2.24) is 0 Å². The lowest BCUT2D eigenvalue weighted by molar-refractivity contribution is -0.111. The Morgan fingerprint density at radius 2 is 1.81 bits per heavy atom. The summed E-state index contributed by atoms with van der Waals surface area (Å²) in [6.07, 6.45) is 1.24. The number of ether oxygens (including phenoxy) is 1. The van der Waals surface area contributed by atoms with Crippen LogP contribution in [0.15, 0.2) is 61.2 Å². The Bertz CT molecular complexity index is 638. The maximum atomic E-state index is 11.3. The first kappa shape index (κ1) is 14.7. The molecule has 21 heavy (non-hydrogen) atoms. The summed E-state index contributed by atoms with van der Waals surface area (Å²) >= 11 is 0. The van der Waals surface area contributed by atoms with Crippen LogP contribution in [0, 0.1) is 0 Å². The van der Waals surface area contributed by atoms with Crippen molar-refractivity contribution in [2.24, 2.45) is 0 Å². The molecule has 2 aromatic carbocycles. The number of carbonyl (C=O) groups excluding carboxylic acids is 1. The summed E-state index contributed by atoms with van der Waals surface area (Å²) < 4.78 is 5.47. The molecule has 0 saturated carbocycles. The van der Waals surface area contributed by atoms with Gasteiger partial charge in [0.1, 0.15) is 5.75 Å². The first-order valence-corrected chi connectivity index (χ1v) is 6.74. The average Bonchev–Trinajstić information content (AvgIpc) is 2.48. The van der Waals surface area contributed by atoms with Gasteiger partial charge < -0.3 is 15.4 Å². The van der Waals surface area contributed by atoms with Crippen molar-refractivity contribution in [3.8, 4) is 5.75 Å². The lowest BCUT2D eigenvalue weighted by Crippen LogP contribution is -2.07. The van der Waals surface area contributed by atoms with Gasteiger partial charge in [0, 0.05) is 23.1 Å². The Labute approximate surface area is 124 Å². The molecule has 1 amide bonds. The molecule has 0 aliphatic rings. The molecule has 0 aliphatic carbocycles. The van der Waals surface area contributed by atoms with Crippen LogP contribution in [0.2, 0.25) is 0 Å². The molecule has 0 bridgehead atoms.